The lowest BCUT2D eigenvalue weighted by molar-refractivity contribution is 0.102. The molecule has 0 unspecified atom stereocenters. The van der Waals surface area contributed by atoms with Crippen LogP contribution in [0.25, 0.3) is 0 Å². The summed E-state index contributed by atoms with van der Waals surface area (Å²) < 4.78 is 0. The van der Waals surface area contributed by atoms with E-state index < -0.39 is 0 Å². The van der Waals surface area contributed by atoms with E-state index in [1.165, 1.54) is 11.3 Å². The number of nitrogens with one attached hydrogen (secondary N) is 1. The zero-order chi connectivity index (χ0) is 13.7. The van der Waals surface area contributed by atoms with Crippen molar-refractivity contribution in [2.24, 2.45) is 10.9 Å². The summed E-state index contributed by atoms with van der Waals surface area (Å²) in [5.41, 5.74) is 7.68. The van der Waals surface area contributed by atoms with Crippen molar-refractivity contribution in [3.8, 4) is 0 Å². The van der Waals surface area contributed by atoms with Crippen molar-refractivity contribution < 1.29 is 10.0 Å². The Bertz CT molecular complexity index is 576. The number of nitrogens with two attached hydrogens (primary N) is 1. The Morgan fingerprint density at radius 2 is 2.05 bits per heavy atom. The van der Waals surface area contributed by atoms with Crippen molar-refractivity contribution in [2.45, 2.75) is 6.42 Å². The van der Waals surface area contributed by atoms with Crippen molar-refractivity contribution in [1.29, 1.82) is 0 Å². The molecule has 98 valence electrons. The second-order valence-corrected chi connectivity index (χ2v) is 4.71. The number of benzene rings is 1. The van der Waals surface area contributed by atoms with Gasteiger partial charge >= 0.3 is 0 Å². The van der Waals surface area contributed by atoms with Crippen molar-refractivity contribution >= 4 is 28.8 Å². The molecule has 4 N–H and O–H groups in total. The van der Waals surface area contributed by atoms with Gasteiger partial charge in [-0.05, 0) is 29.1 Å². The van der Waals surface area contributed by atoms with Crippen LogP contribution in [0.3, 0.4) is 0 Å². The molecule has 0 saturated carbocycles. The molecule has 0 aliphatic rings. The number of amides is 1. The SMILES string of the molecule is NC(Cc1ccc(NC(=O)c2ccsc2)cc1)=NO. The fraction of sp³-hybridized carbons (Fsp3) is 0.0769. The molecule has 0 aliphatic heterocycles. The first kappa shape index (κ1) is 13.1. The summed E-state index contributed by atoms with van der Waals surface area (Å²) in [5.74, 6) is 0.0143. The third-order valence-electron chi connectivity index (χ3n) is 2.51. The zero-order valence-electron chi connectivity index (χ0n) is 10.0. The smallest absolute Gasteiger partial charge is 0.256 e. The third kappa shape index (κ3) is 3.56. The number of amidine groups is 1. The van der Waals surface area contributed by atoms with Gasteiger partial charge in [0.05, 0.1) is 5.56 Å². The van der Waals surface area contributed by atoms with Crippen molar-refractivity contribution in [3.63, 3.8) is 0 Å². The van der Waals surface area contributed by atoms with Gasteiger partial charge in [0, 0.05) is 17.5 Å². The lowest BCUT2D eigenvalue weighted by atomic mass is 10.1. The van der Waals surface area contributed by atoms with Crippen LogP contribution < -0.4 is 11.1 Å². The fourth-order valence-electron chi connectivity index (χ4n) is 1.55. The number of rotatable bonds is 4. The molecule has 0 radical (unpaired) electrons. The van der Waals surface area contributed by atoms with Crippen LogP contribution in [0, 0.1) is 0 Å². The first-order valence-electron chi connectivity index (χ1n) is 5.58. The molecule has 0 fully saturated rings. The van der Waals surface area contributed by atoms with Gasteiger partial charge in [0.15, 0.2) is 0 Å². The molecule has 1 heterocycles. The standard InChI is InChI=1S/C13H13N3O2S/c14-12(16-18)7-9-1-3-11(4-2-9)15-13(17)10-5-6-19-8-10/h1-6,8,18H,7H2,(H2,14,16)(H,15,17). The van der Waals surface area contributed by atoms with Crippen LogP contribution in [-0.4, -0.2) is 17.0 Å². The highest BCUT2D eigenvalue weighted by atomic mass is 32.1. The summed E-state index contributed by atoms with van der Waals surface area (Å²) in [6.07, 6.45) is 0.370. The summed E-state index contributed by atoms with van der Waals surface area (Å²) in [6.45, 7) is 0. The normalized spacial score (nSPS) is 11.3. The van der Waals surface area contributed by atoms with E-state index >= 15 is 0 Å². The summed E-state index contributed by atoms with van der Waals surface area (Å²) >= 11 is 1.48. The predicted octanol–water partition coefficient (Wildman–Crippen LogP) is 2.29. The Hall–Kier alpha value is -2.34. The first-order chi connectivity index (χ1) is 9.19. The number of hydrogen-bond donors (Lipinski definition) is 3. The maximum Gasteiger partial charge on any atom is 0.256 e. The lowest BCUT2D eigenvalue weighted by Crippen LogP contribution is -2.15. The number of carbonyl (C=O) groups is 1. The summed E-state index contributed by atoms with van der Waals surface area (Å²) in [6, 6.07) is 8.98. The quantitative estimate of drug-likeness (QED) is 0.346. The molecule has 1 aromatic carbocycles. The van der Waals surface area contributed by atoms with Gasteiger partial charge in [-0.1, -0.05) is 17.3 Å². The number of anilines is 1. The van der Waals surface area contributed by atoms with E-state index in [9.17, 15) is 4.79 Å². The van der Waals surface area contributed by atoms with Gasteiger partial charge in [-0.25, -0.2) is 0 Å². The van der Waals surface area contributed by atoms with Gasteiger partial charge in [0.1, 0.15) is 5.84 Å². The summed E-state index contributed by atoms with van der Waals surface area (Å²) in [4.78, 5) is 11.8. The van der Waals surface area contributed by atoms with Crippen LogP contribution in [0.2, 0.25) is 0 Å². The number of nitrogens with zero attached hydrogens (tertiary/aromatic N) is 1. The van der Waals surface area contributed by atoms with Gasteiger partial charge in [-0.15, -0.1) is 0 Å². The Morgan fingerprint density at radius 1 is 1.32 bits per heavy atom. The van der Waals surface area contributed by atoms with Crippen LogP contribution in [0.1, 0.15) is 15.9 Å². The monoisotopic (exact) mass is 275 g/mol. The maximum absolute atomic E-state index is 11.8. The van der Waals surface area contributed by atoms with Gasteiger partial charge in [0.25, 0.3) is 5.91 Å². The molecule has 6 heteroatoms. The van der Waals surface area contributed by atoms with Crippen LogP contribution in [0.5, 0.6) is 0 Å². The Labute approximate surface area is 114 Å². The molecule has 0 aliphatic carbocycles. The van der Waals surface area contributed by atoms with Gasteiger partial charge in [-0.2, -0.15) is 11.3 Å². The average Bonchev–Trinajstić information content (AvgIpc) is 2.95. The minimum atomic E-state index is -0.134. The molecule has 0 bridgehead atoms. The highest BCUT2D eigenvalue weighted by Gasteiger charge is 2.06. The molecule has 1 aromatic heterocycles. The second kappa shape index (κ2) is 6.01. The van der Waals surface area contributed by atoms with Crippen LogP contribution in [0.15, 0.2) is 46.2 Å². The number of thiophene rings is 1. The highest BCUT2D eigenvalue weighted by molar-refractivity contribution is 7.08. The molecule has 0 saturated heterocycles. The minimum absolute atomic E-state index is 0.134. The Balaban J connectivity index is 2.01. The van der Waals surface area contributed by atoms with Crippen molar-refractivity contribution in [1.82, 2.24) is 0 Å². The molecule has 2 aromatic rings. The van der Waals surface area contributed by atoms with E-state index in [1.54, 1.807) is 23.6 Å². The number of hydrogen-bond acceptors (Lipinski definition) is 4. The van der Waals surface area contributed by atoms with Crippen LogP contribution >= 0.6 is 11.3 Å². The molecule has 2 rings (SSSR count). The van der Waals surface area contributed by atoms with E-state index in [0.29, 0.717) is 17.7 Å². The van der Waals surface area contributed by atoms with E-state index in [1.807, 2.05) is 17.5 Å². The maximum atomic E-state index is 11.8. The van der Waals surface area contributed by atoms with Gasteiger partial charge in [0.2, 0.25) is 0 Å². The van der Waals surface area contributed by atoms with Gasteiger partial charge in [-0.3, -0.25) is 4.79 Å². The summed E-state index contributed by atoms with van der Waals surface area (Å²) in [5, 5.41) is 17.8. The minimum Gasteiger partial charge on any atom is -0.409 e. The Morgan fingerprint density at radius 3 is 2.63 bits per heavy atom. The van der Waals surface area contributed by atoms with Crippen molar-refractivity contribution in [3.05, 3.63) is 52.2 Å². The molecular weight excluding hydrogens is 262 g/mol. The number of oxime groups is 1. The second-order valence-electron chi connectivity index (χ2n) is 3.93. The molecule has 1 amide bonds. The van der Waals surface area contributed by atoms with Crippen molar-refractivity contribution in [2.75, 3.05) is 5.32 Å². The number of carbonyl (C=O) groups excluding carboxylic acids is 1. The Kier molecular flexibility index (Phi) is 4.15. The molecular formula is C13H13N3O2S. The third-order valence-corrected chi connectivity index (χ3v) is 3.19. The van der Waals surface area contributed by atoms with E-state index in [2.05, 4.69) is 10.5 Å². The largest absolute Gasteiger partial charge is 0.409 e. The lowest BCUT2D eigenvalue weighted by Gasteiger charge is -2.05. The summed E-state index contributed by atoms with van der Waals surface area (Å²) in [7, 11) is 0. The molecule has 5 nitrogen and oxygen atoms in total. The topological polar surface area (TPSA) is 87.7 Å². The molecule has 0 spiro atoms. The van der Waals surface area contributed by atoms with E-state index in [-0.39, 0.29) is 11.7 Å². The predicted molar refractivity (Wildman–Crippen MR) is 75.8 cm³/mol. The highest BCUT2D eigenvalue weighted by Crippen LogP contribution is 2.13. The van der Waals surface area contributed by atoms with Crippen LogP contribution in [-0.2, 0) is 6.42 Å². The molecule has 0 atom stereocenters. The first-order valence-corrected chi connectivity index (χ1v) is 6.52. The van der Waals surface area contributed by atoms with E-state index in [4.69, 9.17) is 10.9 Å². The molecule has 19 heavy (non-hydrogen) atoms. The van der Waals surface area contributed by atoms with E-state index in [0.717, 1.165) is 5.56 Å². The van der Waals surface area contributed by atoms with Gasteiger partial charge < -0.3 is 16.3 Å². The fourth-order valence-corrected chi connectivity index (χ4v) is 2.18. The van der Waals surface area contributed by atoms with Crippen LogP contribution in [0.4, 0.5) is 5.69 Å². The zero-order valence-corrected chi connectivity index (χ0v) is 10.9. The average molecular weight is 275 g/mol.